The maximum atomic E-state index is 5.91. The van der Waals surface area contributed by atoms with Gasteiger partial charge in [-0.3, -0.25) is 0 Å². The summed E-state index contributed by atoms with van der Waals surface area (Å²) in [4.78, 5) is 11.5. The van der Waals surface area contributed by atoms with E-state index in [1.165, 1.54) is 10.9 Å². The first-order valence-corrected chi connectivity index (χ1v) is 5.92. The predicted octanol–water partition coefficient (Wildman–Crippen LogP) is 2.05. The van der Waals surface area contributed by atoms with Crippen LogP contribution in [0, 0.1) is 0 Å². The molecule has 1 aromatic carbocycles. The maximum Gasteiger partial charge on any atom is 0.115 e. The van der Waals surface area contributed by atoms with Gasteiger partial charge in [-0.25, -0.2) is 9.97 Å². The number of nitrogens with zero attached hydrogens (tertiary/aromatic N) is 2. The van der Waals surface area contributed by atoms with Gasteiger partial charge in [-0.05, 0) is 17.7 Å². The second kappa shape index (κ2) is 4.58. The Balaban J connectivity index is 2.12. The molecule has 1 unspecified atom stereocenters. The van der Waals surface area contributed by atoms with Gasteiger partial charge >= 0.3 is 0 Å². The lowest BCUT2D eigenvalue weighted by Gasteiger charge is -2.13. The number of benzene rings is 1. The molecule has 0 saturated carbocycles. The van der Waals surface area contributed by atoms with Crippen LogP contribution >= 0.6 is 0 Å². The van der Waals surface area contributed by atoms with Crippen molar-refractivity contribution in [2.24, 2.45) is 5.73 Å². The van der Waals surface area contributed by atoms with Gasteiger partial charge in [0.05, 0.1) is 5.69 Å². The van der Waals surface area contributed by atoms with E-state index in [2.05, 4.69) is 27.1 Å². The standard InChI is InChI=1S/C14H14N4/c15-7-11(14-5-6-16-9-18-14)12-8-17-13-4-2-1-3-10(12)13/h1-6,8-9,11,17H,7,15H2. The van der Waals surface area contributed by atoms with Crippen LogP contribution in [-0.2, 0) is 0 Å². The Morgan fingerprint density at radius 3 is 2.89 bits per heavy atom. The van der Waals surface area contributed by atoms with Crippen molar-refractivity contribution in [1.29, 1.82) is 0 Å². The van der Waals surface area contributed by atoms with E-state index in [1.807, 2.05) is 24.4 Å². The summed E-state index contributed by atoms with van der Waals surface area (Å²) in [5.41, 5.74) is 9.18. The van der Waals surface area contributed by atoms with Crippen LogP contribution < -0.4 is 5.73 Å². The molecule has 0 saturated heterocycles. The van der Waals surface area contributed by atoms with Crippen LogP contribution in [0.1, 0.15) is 17.2 Å². The molecule has 0 aliphatic carbocycles. The summed E-state index contributed by atoms with van der Waals surface area (Å²) in [7, 11) is 0. The van der Waals surface area contributed by atoms with Crippen molar-refractivity contribution in [1.82, 2.24) is 15.0 Å². The van der Waals surface area contributed by atoms with Gasteiger partial charge < -0.3 is 10.7 Å². The van der Waals surface area contributed by atoms with Gasteiger partial charge in [-0.2, -0.15) is 0 Å². The second-order valence-corrected chi connectivity index (χ2v) is 4.21. The summed E-state index contributed by atoms with van der Waals surface area (Å²) in [6.07, 6.45) is 5.33. The lowest BCUT2D eigenvalue weighted by molar-refractivity contribution is 0.787. The van der Waals surface area contributed by atoms with Gasteiger partial charge in [0.25, 0.3) is 0 Å². The minimum atomic E-state index is 0.101. The minimum absolute atomic E-state index is 0.101. The lowest BCUT2D eigenvalue weighted by Crippen LogP contribution is -2.14. The highest BCUT2D eigenvalue weighted by Gasteiger charge is 2.17. The molecule has 1 atom stereocenters. The summed E-state index contributed by atoms with van der Waals surface area (Å²) in [6, 6.07) is 10.1. The van der Waals surface area contributed by atoms with Crippen LogP contribution in [0.15, 0.2) is 49.1 Å². The Bertz CT molecular complexity index is 645. The number of nitrogens with two attached hydrogens (primary N) is 1. The smallest absolute Gasteiger partial charge is 0.115 e. The number of rotatable bonds is 3. The number of H-pyrrole nitrogens is 1. The van der Waals surface area contributed by atoms with Crippen LogP contribution in [0.2, 0.25) is 0 Å². The van der Waals surface area contributed by atoms with E-state index in [1.54, 1.807) is 12.5 Å². The van der Waals surface area contributed by atoms with Crippen molar-refractivity contribution in [2.45, 2.75) is 5.92 Å². The van der Waals surface area contributed by atoms with Gasteiger partial charge in [-0.15, -0.1) is 0 Å². The molecule has 0 bridgehead atoms. The summed E-state index contributed by atoms with van der Waals surface area (Å²) < 4.78 is 0. The largest absolute Gasteiger partial charge is 0.361 e. The molecule has 0 spiro atoms. The fraction of sp³-hybridized carbons (Fsp3) is 0.143. The zero-order valence-corrected chi connectivity index (χ0v) is 9.88. The zero-order chi connectivity index (χ0) is 12.4. The van der Waals surface area contributed by atoms with Crippen molar-refractivity contribution in [3.05, 3.63) is 60.3 Å². The molecule has 4 heteroatoms. The van der Waals surface area contributed by atoms with Gasteiger partial charge in [0, 0.05) is 35.8 Å². The number of aromatic amines is 1. The Morgan fingerprint density at radius 2 is 2.11 bits per heavy atom. The number of hydrogen-bond acceptors (Lipinski definition) is 3. The van der Waals surface area contributed by atoms with E-state index in [0.29, 0.717) is 6.54 Å². The fourth-order valence-corrected chi connectivity index (χ4v) is 2.30. The number of nitrogens with one attached hydrogen (secondary N) is 1. The SMILES string of the molecule is NCC(c1ccncn1)c1c[nH]c2ccccc12. The topological polar surface area (TPSA) is 67.6 Å². The van der Waals surface area contributed by atoms with Gasteiger partial charge in [-0.1, -0.05) is 18.2 Å². The third-order valence-electron chi connectivity index (χ3n) is 3.19. The molecule has 3 rings (SSSR count). The molecule has 3 aromatic rings. The molecule has 0 aliphatic rings. The van der Waals surface area contributed by atoms with Crippen LogP contribution in [0.25, 0.3) is 10.9 Å². The van der Waals surface area contributed by atoms with Crippen LogP contribution in [0.3, 0.4) is 0 Å². The molecule has 0 radical (unpaired) electrons. The molecule has 2 heterocycles. The number of para-hydroxylation sites is 1. The quantitative estimate of drug-likeness (QED) is 0.733. The third-order valence-corrected chi connectivity index (χ3v) is 3.19. The van der Waals surface area contributed by atoms with E-state index >= 15 is 0 Å². The number of aromatic nitrogens is 3. The molecule has 0 aliphatic heterocycles. The fourth-order valence-electron chi connectivity index (χ4n) is 2.30. The Labute approximate surface area is 105 Å². The average Bonchev–Trinajstić information content (AvgIpc) is 2.85. The zero-order valence-electron chi connectivity index (χ0n) is 9.88. The maximum absolute atomic E-state index is 5.91. The van der Waals surface area contributed by atoms with Crippen LogP contribution in [0.5, 0.6) is 0 Å². The average molecular weight is 238 g/mol. The molecular formula is C14H14N4. The molecule has 2 aromatic heterocycles. The van der Waals surface area contributed by atoms with Crippen LogP contribution in [0.4, 0.5) is 0 Å². The van der Waals surface area contributed by atoms with Crippen LogP contribution in [-0.4, -0.2) is 21.5 Å². The minimum Gasteiger partial charge on any atom is -0.361 e. The molecular weight excluding hydrogens is 224 g/mol. The first-order chi connectivity index (χ1) is 8.90. The molecule has 0 amide bonds. The molecule has 90 valence electrons. The first-order valence-electron chi connectivity index (χ1n) is 5.92. The third kappa shape index (κ3) is 1.76. The van der Waals surface area contributed by atoms with Crippen molar-refractivity contribution in [3.8, 4) is 0 Å². The van der Waals surface area contributed by atoms with Gasteiger partial charge in [0.1, 0.15) is 6.33 Å². The summed E-state index contributed by atoms with van der Waals surface area (Å²) in [5.74, 6) is 0.101. The van der Waals surface area contributed by atoms with E-state index in [0.717, 1.165) is 11.2 Å². The summed E-state index contributed by atoms with van der Waals surface area (Å²) in [5, 5.41) is 1.20. The molecule has 3 N–H and O–H groups in total. The molecule has 0 fully saturated rings. The van der Waals surface area contributed by atoms with Crippen molar-refractivity contribution >= 4 is 10.9 Å². The van der Waals surface area contributed by atoms with Gasteiger partial charge in [0.15, 0.2) is 0 Å². The molecule has 18 heavy (non-hydrogen) atoms. The summed E-state index contributed by atoms with van der Waals surface area (Å²) in [6.45, 7) is 0.527. The van der Waals surface area contributed by atoms with Crippen molar-refractivity contribution in [3.63, 3.8) is 0 Å². The highest BCUT2D eigenvalue weighted by atomic mass is 14.8. The second-order valence-electron chi connectivity index (χ2n) is 4.21. The first kappa shape index (κ1) is 10.9. The van der Waals surface area contributed by atoms with E-state index in [-0.39, 0.29) is 5.92 Å². The van der Waals surface area contributed by atoms with Gasteiger partial charge in [0.2, 0.25) is 0 Å². The molecule has 4 nitrogen and oxygen atoms in total. The lowest BCUT2D eigenvalue weighted by atomic mass is 9.95. The predicted molar refractivity (Wildman–Crippen MR) is 71.2 cm³/mol. The normalized spacial score (nSPS) is 12.7. The summed E-state index contributed by atoms with van der Waals surface area (Å²) >= 11 is 0. The highest BCUT2D eigenvalue weighted by Crippen LogP contribution is 2.28. The Kier molecular flexibility index (Phi) is 2.78. The highest BCUT2D eigenvalue weighted by molar-refractivity contribution is 5.84. The van der Waals surface area contributed by atoms with E-state index in [4.69, 9.17) is 5.73 Å². The van der Waals surface area contributed by atoms with E-state index < -0.39 is 0 Å². The van der Waals surface area contributed by atoms with Crippen molar-refractivity contribution < 1.29 is 0 Å². The Morgan fingerprint density at radius 1 is 1.22 bits per heavy atom. The van der Waals surface area contributed by atoms with Crippen molar-refractivity contribution in [2.75, 3.05) is 6.54 Å². The number of hydrogen-bond donors (Lipinski definition) is 2. The Hall–Kier alpha value is -2.20. The van der Waals surface area contributed by atoms with E-state index in [9.17, 15) is 0 Å². The number of fused-ring (bicyclic) bond motifs is 1. The monoisotopic (exact) mass is 238 g/mol.